The summed E-state index contributed by atoms with van der Waals surface area (Å²) in [5.74, 6) is 0. The second kappa shape index (κ2) is 31.2. The Labute approximate surface area is 784 Å². The highest BCUT2D eigenvalue weighted by Gasteiger charge is 2.27. The molecule has 24 aromatic carbocycles. The minimum Gasteiger partial charge on any atom is -0.456 e. The fraction of sp³-hybridized carbons (Fsp3) is 0.0909. The number of fused-ring (bicyclic) bond motifs is 9. The molecular weight excluding hydrogens is 1630 g/mol. The number of hydrogen-bond acceptors (Lipinski definition) is 3. The van der Waals surface area contributed by atoms with Crippen molar-refractivity contribution >= 4 is 163 Å². The van der Waals surface area contributed by atoms with Crippen molar-refractivity contribution in [1.82, 2.24) is 0 Å². The van der Waals surface area contributed by atoms with Gasteiger partial charge in [0.05, 0.1) is 0 Å². The number of furan rings is 3. The highest BCUT2D eigenvalue weighted by atomic mass is 16.3. The number of rotatable bonds is 9. The SMILES string of the molecule is CC(C)(C)c1cc2ccc3c(-c4ccccc4)cc(-c4ccc(-c5ccc6c(c5)oc5ccccc56)cc4)c4ccc(c1)c2c34.CC(C)(C)c1cc2ccc3c(-c4ccccc4)cc(-c4ccc(-c5ccc6oc7ccccc7c6c5)cc4)c4ccc(c1)c2c34.CC(C)(C)c1cc2ccc3c(-c4ccccc4)cc(-c4ccc(-c5cccc6oc7ccccc7c56)cc4)c4ccc(c1)c2c34. The highest BCUT2D eigenvalue weighted by molar-refractivity contribution is 6.32. The van der Waals surface area contributed by atoms with Crippen molar-refractivity contribution in [3.63, 3.8) is 0 Å². The summed E-state index contributed by atoms with van der Waals surface area (Å²) in [5.41, 5.74) is 32.0. The maximum atomic E-state index is 6.19. The van der Waals surface area contributed by atoms with E-state index in [2.05, 4.69) is 444 Å². The van der Waals surface area contributed by atoms with Gasteiger partial charge in [-0.1, -0.05) is 414 Å². The normalized spacial score (nSPS) is 12.3. The van der Waals surface area contributed by atoms with Crippen LogP contribution in [-0.4, -0.2) is 0 Å². The summed E-state index contributed by atoms with van der Waals surface area (Å²) in [6, 6.07) is 153. The lowest BCUT2D eigenvalue weighted by Crippen LogP contribution is -2.10. The Hall–Kier alpha value is -16.2. The van der Waals surface area contributed by atoms with Gasteiger partial charge in [-0.25, -0.2) is 0 Å². The Bertz CT molecular complexity index is 9290. The Balaban J connectivity index is 0.000000108. The third-order valence-electron chi connectivity index (χ3n) is 28.7. The average Bonchev–Trinajstić information content (AvgIpc) is 1.51. The van der Waals surface area contributed by atoms with Crippen molar-refractivity contribution in [3.8, 4) is 100 Å². The molecule has 0 amide bonds. The molecule has 0 aliphatic rings. The molecule has 0 radical (unpaired) electrons. The molecule has 0 unspecified atom stereocenters. The molecule has 0 spiro atoms. The lowest BCUT2D eigenvalue weighted by Gasteiger charge is -2.23. The van der Waals surface area contributed by atoms with Crippen LogP contribution >= 0.6 is 0 Å². The van der Waals surface area contributed by atoms with Gasteiger partial charge >= 0.3 is 0 Å². The predicted octanol–water partition coefficient (Wildman–Crippen LogP) is 38.3. The standard InChI is InChI=1S/3C44H32O/c1-44(2,3)32-24-30-20-22-34-37(27-10-5-4-6-11-27)26-38(35-23-21-31(25-32)41(30)43(34)35)29-18-16-28(17-19-29)33-13-9-15-40-42(33)36-12-7-8-14-39(36)45-40;1-44(2,3)33-23-31-17-20-35-37(28-9-5-4-6-10-28)26-38(36-21-18-32(24-33)42(31)43(35)36)29-15-13-27(14-16-29)30-19-22-41-39(25-30)34-11-7-8-12-40(34)45-41;1-44(2,3)33-23-31-18-21-36-38(28-9-5-4-6-10-28)26-39(37-22-19-32(24-33)42(31)43(36)37)29-15-13-27(14-16-29)30-17-20-35-34-11-7-8-12-40(34)45-41(35)25-30/h3*4-26H,1-3H3. The highest BCUT2D eigenvalue weighted by Crippen LogP contribution is 2.52. The summed E-state index contributed by atoms with van der Waals surface area (Å²) >= 11 is 0. The summed E-state index contributed by atoms with van der Waals surface area (Å²) < 4.78 is 18.5. The summed E-state index contributed by atoms with van der Waals surface area (Å²) in [7, 11) is 0. The van der Waals surface area contributed by atoms with Gasteiger partial charge in [-0.3, -0.25) is 0 Å². The van der Waals surface area contributed by atoms with Gasteiger partial charge in [-0.15, -0.1) is 0 Å². The van der Waals surface area contributed by atoms with Crippen molar-refractivity contribution in [2.45, 2.75) is 78.6 Å². The third kappa shape index (κ3) is 13.8. The molecule has 0 N–H and O–H groups in total. The van der Waals surface area contributed by atoms with Gasteiger partial charge in [0.25, 0.3) is 0 Å². The molecule has 0 saturated carbocycles. The monoisotopic (exact) mass is 1730 g/mol. The summed E-state index contributed by atoms with van der Waals surface area (Å²) in [6.07, 6.45) is 0. The molecule has 27 aromatic rings. The second-order valence-corrected chi connectivity index (χ2v) is 40.1. The van der Waals surface area contributed by atoms with Gasteiger partial charge in [-0.05, 0) is 297 Å². The average molecular weight is 1730 g/mol. The van der Waals surface area contributed by atoms with Crippen molar-refractivity contribution in [1.29, 1.82) is 0 Å². The molecule has 0 fully saturated rings. The molecule has 642 valence electrons. The fourth-order valence-electron chi connectivity index (χ4n) is 21.7. The van der Waals surface area contributed by atoms with Crippen LogP contribution in [-0.2, 0) is 16.2 Å². The molecule has 3 nitrogen and oxygen atoms in total. The molecule has 27 rings (SSSR count). The Morgan fingerprint density at radius 1 is 0.133 bits per heavy atom. The zero-order valence-electron chi connectivity index (χ0n) is 77.1. The van der Waals surface area contributed by atoms with Crippen molar-refractivity contribution < 1.29 is 13.3 Å². The zero-order valence-corrected chi connectivity index (χ0v) is 77.1. The minimum atomic E-state index is 0.0830. The zero-order chi connectivity index (χ0) is 90.9. The number of hydrogen-bond donors (Lipinski definition) is 0. The number of benzene rings is 24. The molecule has 3 aromatic heterocycles. The Morgan fingerprint density at radius 3 is 0.756 bits per heavy atom. The van der Waals surface area contributed by atoms with E-state index in [1.807, 2.05) is 36.4 Å². The summed E-state index contributed by atoms with van der Waals surface area (Å²) in [6.45, 7) is 20.7. The molecule has 0 atom stereocenters. The van der Waals surface area contributed by atoms with Crippen LogP contribution in [0.25, 0.3) is 263 Å². The quantitative estimate of drug-likeness (QED) is 0.135. The van der Waals surface area contributed by atoms with E-state index in [0.717, 1.165) is 66.0 Å². The van der Waals surface area contributed by atoms with Crippen LogP contribution in [0.4, 0.5) is 0 Å². The van der Waals surface area contributed by atoms with E-state index in [-0.39, 0.29) is 16.2 Å². The van der Waals surface area contributed by atoms with Crippen LogP contribution < -0.4 is 0 Å². The van der Waals surface area contributed by atoms with Gasteiger partial charge in [-0.2, -0.15) is 0 Å². The predicted molar refractivity (Wildman–Crippen MR) is 577 cm³/mol. The van der Waals surface area contributed by atoms with Crippen molar-refractivity contribution in [3.05, 3.63) is 435 Å². The van der Waals surface area contributed by atoms with Gasteiger partial charge in [0.15, 0.2) is 0 Å². The fourth-order valence-corrected chi connectivity index (χ4v) is 21.7. The molecule has 0 aliphatic carbocycles. The van der Waals surface area contributed by atoms with E-state index in [1.165, 1.54) is 214 Å². The first kappa shape index (κ1) is 80.8. The van der Waals surface area contributed by atoms with Crippen LogP contribution in [0.1, 0.15) is 79.0 Å². The Morgan fingerprint density at radius 2 is 0.385 bits per heavy atom. The van der Waals surface area contributed by atoms with Crippen molar-refractivity contribution in [2.24, 2.45) is 0 Å². The van der Waals surface area contributed by atoms with E-state index in [1.54, 1.807) is 0 Å². The molecule has 0 aliphatic heterocycles. The van der Waals surface area contributed by atoms with E-state index < -0.39 is 0 Å². The first-order valence-electron chi connectivity index (χ1n) is 47.3. The largest absolute Gasteiger partial charge is 0.456 e. The molecule has 3 heteroatoms. The van der Waals surface area contributed by atoms with E-state index in [0.29, 0.717) is 0 Å². The van der Waals surface area contributed by atoms with Gasteiger partial charge in [0.2, 0.25) is 0 Å². The van der Waals surface area contributed by atoms with Crippen LogP contribution in [0.15, 0.2) is 432 Å². The molecule has 3 heterocycles. The van der Waals surface area contributed by atoms with Crippen LogP contribution in [0.5, 0.6) is 0 Å². The summed E-state index contributed by atoms with van der Waals surface area (Å²) in [4.78, 5) is 0. The molecule has 135 heavy (non-hydrogen) atoms. The van der Waals surface area contributed by atoms with Crippen LogP contribution in [0.2, 0.25) is 0 Å². The Kier molecular flexibility index (Phi) is 18.7. The van der Waals surface area contributed by atoms with Crippen LogP contribution in [0, 0.1) is 0 Å². The topological polar surface area (TPSA) is 39.4 Å². The van der Waals surface area contributed by atoms with Crippen molar-refractivity contribution in [2.75, 3.05) is 0 Å². The van der Waals surface area contributed by atoms with Gasteiger partial charge in [0.1, 0.15) is 33.5 Å². The maximum Gasteiger partial charge on any atom is 0.136 e. The van der Waals surface area contributed by atoms with E-state index in [4.69, 9.17) is 13.3 Å². The van der Waals surface area contributed by atoms with Crippen LogP contribution in [0.3, 0.4) is 0 Å². The second-order valence-electron chi connectivity index (χ2n) is 40.1. The van der Waals surface area contributed by atoms with Gasteiger partial charge in [0, 0.05) is 32.3 Å². The van der Waals surface area contributed by atoms with Gasteiger partial charge < -0.3 is 13.3 Å². The summed E-state index contributed by atoms with van der Waals surface area (Å²) in [5, 5.41) is 30.7. The molecule has 0 saturated heterocycles. The van der Waals surface area contributed by atoms with E-state index in [9.17, 15) is 0 Å². The maximum absolute atomic E-state index is 6.19. The first-order valence-corrected chi connectivity index (χ1v) is 47.3. The first-order chi connectivity index (χ1) is 65.8. The smallest absolute Gasteiger partial charge is 0.136 e. The minimum absolute atomic E-state index is 0.0830. The number of para-hydroxylation sites is 3. The van der Waals surface area contributed by atoms with E-state index >= 15 is 0 Å². The molecular formula is C132H96O3. The molecule has 0 bridgehead atoms. The lowest BCUT2D eigenvalue weighted by molar-refractivity contribution is 0.591. The third-order valence-corrected chi connectivity index (χ3v) is 28.7. The lowest BCUT2D eigenvalue weighted by atomic mass is 9.81.